The van der Waals surface area contributed by atoms with Crippen molar-refractivity contribution < 1.29 is 14.7 Å². The number of carbonyl (C=O) groups is 2. The van der Waals surface area contributed by atoms with Crippen LogP contribution in [0.3, 0.4) is 0 Å². The molecule has 2 saturated carbocycles. The number of hydrogen-bond donors (Lipinski definition) is 3. The van der Waals surface area contributed by atoms with E-state index in [9.17, 15) is 9.59 Å². The monoisotopic (exact) mass is 240 g/mol. The zero-order valence-electron chi connectivity index (χ0n) is 10.4. The van der Waals surface area contributed by atoms with E-state index in [0.717, 1.165) is 12.8 Å². The molecule has 0 heterocycles. The highest BCUT2D eigenvalue weighted by molar-refractivity contribution is 5.88. The number of aliphatic carboxylic acids is 1. The van der Waals surface area contributed by atoms with Crippen LogP contribution in [0, 0.1) is 11.3 Å². The molecule has 5 heteroatoms. The SMILES string of the molecule is CC(C)C1(CNC(=O)NC2(C(=O)O)CC2)CC1. The summed E-state index contributed by atoms with van der Waals surface area (Å²) in [7, 11) is 0. The van der Waals surface area contributed by atoms with E-state index in [1.54, 1.807) is 0 Å². The number of hydrogen-bond acceptors (Lipinski definition) is 2. The summed E-state index contributed by atoms with van der Waals surface area (Å²) in [5, 5.41) is 14.3. The van der Waals surface area contributed by atoms with E-state index in [2.05, 4.69) is 24.5 Å². The highest BCUT2D eigenvalue weighted by atomic mass is 16.4. The molecule has 2 rings (SSSR count). The summed E-state index contributed by atoms with van der Waals surface area (Å²) in [4.78, 5) is 22.5. The molecule has 0 aliphatic heterocycles. The first kappa shape index (κ1) is 12.2. The summed E-state index contributed by atoms with van der Waals surface area (Å²) in [5.74, 6) is -0.380. The molecule has 0 aromatic carbocycles. The summed E-state index contributed by atoms with van der Waals surface area (Å²) in [5.41, 5.74) is -0.740. The molecule has 96 valence electrons. The minimum absolute atomic E-state index is 0.247. The smallest absolute Gasteiger partial charge is 0.329 e. The van der Waals surface area contributed by atoms with Crippen molar-refractivity contribution in [3.8, 4) is 0 Å². The molecular weight excluding hydrogens is 220 g/mol. The van der Waals surface area contributed by atoms with Gasteiger partial charge in [-0.15, -0.1) is 0 Å². The third-order valence-electron chi connectivity index (χ3n) is 4.23. The second-order valence-corrected chi connectivity index (χ2v) is 5.71. The Bertz CT molecular complexity index is 344. The first-order valence-electron chi connectivity index (χ1n) is 6.20. The maximum Gasteiger partial charge on any atom is 0.329 e. The summed E-state index contributed by atoms with van der Waals surface area (Å²) < 4.78 is 0. The minimum atomic E-state index is -0.987. The number of rotatable bonds is 5. The standard InChI is InChI=1S/C12H20N2O3/c1-8(2)11(3-4-11)7-13-10(17)14-12(5-6-12)9(15)16/h8H,3-7H2,1-2H3,(H,15,16)(H2,13,14,17). The lowest BCUT2D eigenvalue weighted by molar-refractivity contribution is -0.140. The van der Waals surface area contributed by atoms with Gasteiger partial charge in [0.2, 0.25) is 0 Å². The first-order chi connectivity index (χ1) is 7.90. The van der Waals surface area contributed by atoms with E-state index in [-0.39, 0.29) is 11.4 Å². The molecule has 5 nitrogen and oxygen atoms in total. The Morgan fingerprint density at radius 3 is 2.18 bits per heavy atom. The van der Waals surface area contributed by atoms with Crippen LogP contribution in [0.5, 0.6) is 0 Å². The Balaban J connectivity index is 1.77. The van der Waals surface area contributed by atoms with Gasteiger partial charge in [0.25, 0.3) is 0 Å². The van der Waals surface area contributed by atoms with Crippen LogP contribution >= 0.6 is 0 Å². The maximum atomic E-state index is 11.6. The third kappa shape index (κ3) is 2.37. The zero-order valence-corrected chi connectivity index (χ0v) is 10.4. The predicted octanol–water partition coefficient (Wildman–Crippen LogP) is 1.34. The number of nitrogens with one attached hydrogen (secondary N) is 2. The molecule has 0 aromatic rings. The van der Waals surface area contributed by atoms with Gasteiger partial charge in [-0.05, 0) is 37.0 Å². The molecular formula is C12H20N2O3. The van der Waals surface area contributed by atoms with Gasteiger partial charge in [-0.2, -0.15) is 0 Å². The lowest BCUT2D eigenvalue weighted by Gasteiger charge is -2.21. The molecule has 2 aliphatic carbocycles. The number of carbonyl (C=O) groups excluding carboxylic acids is 1. The molecule has 0 radical (unpaired) electrons. The number of carboxylic acid groups (broad SMARTS) is 1. The Labute approximate surface area is 101 Å². The first-order valence-corrected chi connectivity index (χ1v) is 6.20. The molecule has 2 amide bonds. The average Bonchev–Trinajstić information content (AvgIpc) is 3.10. The van der Waals surface area contributed by atoms with E-state index in [1.807, 2.05) is 0 Å². The fourth-order valence-electron chi connectivity index (χ4n) is 2.15. The molecule has 0 atom stereocenters. The lowest BCUT2D eigenvalue weighted by atomic mass is 9.92. The predicted molar refractivity (Wildman–Crippen MR) is 62.6 cm³/mol. The van der Waals surface area contributed by atoms with Crippen molar-refractivity contribution in [3.63, 3.8) is 0 Å². The van der Waals surface area contributed by atoms with Crippen LogP contribution in [0.25, 0.3) is 0 Å². The van der Waals surface area contributed by atoms with Crippen molar-refractivity contribution in [1.82, 2.24) is 10.6 Å². The van der Waals surface area contributed by atoms with E-state index in [0.29, 0.717) is 25.3 Å². The number of carboxylic acids is 1. The maximum absolute atomic E-state index is 11.6. The second kappa shape index (κ2) is 3.89. The number of urea groups is 1. The summed E-state index contributed by atoms with van der Waals surface area (Å²) in [6.07, 6.45) is 3.36. The Morgan fingerprint density at radius 2 is 1.82 bits per heavy atom. The zero-order chi connectivity index (χ0) is 12.7. The van der Waals surface area contributed by atoms with Gasteiger partial charge in [0.1, 0.15) is 5.54 Å². The topological polar surface area (TPSA) is 78.4 Å². The van der Waals surface area contributed by atoms with Gasteiger partial charge < -0.3 is 15.7 Å². The Morgan fingerprint density at radius 1 is 1.24 bits per heavy atom. The van der Waals surface area contributed by atoms with Crippen LogP contribution in [0.15, 0.2) is 0 Å². The normalized spacial score (nSPS) is 23.0. The molecule has 0 spiro atoms. The molecule has 3 N–H and O–H groups in total. The van der Waals surface area contributed by atoms with Crippen LogP contribution in [0.2, 0.25) is 0 Å². The van der Waals surface area contributed by atoms with Crippen LogP contribution in [-0.4, -0.2) is 29.2 Å². The number of amides is 2. The molecule has 17 heavy (non-hydrogen) atoms. The molecule has 0 unspecified atom stereocenters. The van der Waals surface area contributed by atoms with Gasteiger partial charge in [0.05, 0.1) is 0 Å². The van der Waals surface area contributed by atoms with Crippen molar-refractivity contribution in [2.75, 3.05) is 6.54 Å². The highest BCUT2D eigenvalue weighted by Crippen LogP contribution is 2.51. The molecule has 0 bridgehead atoms. The van der Waals surface area contributed by atoms with Crippen molar-refractivity contribution in [2.45, 2.75) is 45.1 Å². The van der Waals surface area contributed by atoms with E-state index >= 15 is 0 Å². The minimum Gasteiger partial charge on any atom is -0.480 e. The second-order valence-electron chi connectivity index (χ2n) is 5.71. The molecule has 0 saturated heterocycles. The summed E-state index contributed by atoms with van der Waals surface area (Å²) in [6.45, 7) is 4.96. The quantitative estimate of drug-likeness (QED) is 0.678. The van der Waals surface area contributed by atoms with Crippen LogP contribution in [0.1, 0.15) is 39.5 Å². The van der Waals surface area contributed by atoms with Crippen molar-refractivity contribution >= 4 is 12.0 Å². The third-order valence-corrected chi connectivity index (χ3v) is 4.23. The summed E-state index contributed by atoms with van der Waals surface area (Å²) in [6, 6.07) is -0.350. The van der Waals surface area contributed by atoms with Crippen LogP contribution in [-0.2, 0) is 4.79 Å². The van der Waals surface area contributed by atoms with Gasteiger partial charge in [-0.3, -0.25) is 0 Å². The fourth-order valence-corrected chi connectivity index (χ4v) is 2.15. The molecule has 2 aliphatic rings. The van der Waals surface area contributed by atoms with Crippen LogP contribution < -0.4 is 10.6 Å². The Kier molecular flexibility index (Phi) is 2.79. The van der Waals surface area contributed by atoms with E-state index < -0.39 is 11.5 Å². The average molecular weight is 240 g/mol. The van der Waals surface area contributed by atoms with Crippen molar-refractivity contribution in [1.29, 1.82) is 0 Å². The van der Waals surface area contributed by atoms with Crippen molar-refractivity contribution in [2.24, 2.45) is 11.3 Å². The highest BCUT2D eigenvalue weighted by Gasteiger charge is 2.52. The van der Waals surface area contributed by atoms with Crippen molar-refractivity contribution in [3.05, 3.63) is 0 Å². The lowest BCUT2D eigenvalue weighted by Crippen LogP contribution is -2.49. The molecule has 0 aromatic heterocycles. The van der Waals surface area contributed by atoms with Gasteiger partial charge in [0.15, 0.2) is 0 Å². The largest absolute Gasteiger partial charge is 0.480 e. The summed E-state index contributed by atoms with van der Waals surface area (Å²) >= 11 is 0. The Hall–Kier alpha value is -1.26. The van der Waals surface area contributed by atoms with E-state index in [4.69, 9.17) is 5.11 Å². The van der Waals surface area contributed by atoms with Gasteiger partial charge in [0, 0.05) is 6.54 Å². The van der Waals surface area contributed by atoms with Crippen LogP contribution in [0.4, 0.5) is 4.79 Å². The molecule has 2 fully saturated rings. The van der Waals surface area contributed by atoms with Gasteiger partial charge >= 0.3 is 12.0 Å². The van der Waals surface area contributed by atoms with Gasteiger partial charge in [-0.25, -0.2) is 9.59 Å². The fraction of sp³-hybridized carbons (Fsp3) is 0.833. The van der Waals surface area contributed by atoms with E-state index in [1.165, 1.54) is 0 Å². The van der Waals surface area contributed by atoms with Gasteiger partial charge in [-0.1, -0.05) is 13.8 Å².